The third-order valence-corrected chi connectivity index (χ3v) is 3.40. The summed E-state index contributed by atoms with van der Waals surface area (Å²) in [5, 5.41) is 6.29. The lowest BCUT2D eigenvalue weighted by Crippen LogP contribution is -2.36. The van der Waals surface area contributed by atoms with Crippen molar-refractivity contribution in [3.05, 3.63) is 65.2 Å². The van der Waals surface area contributed by atoms with E-state index in [2.05, 4.69) is 20.4 Å². The SMILES string of the molecule is CN=C(NCc1ccccc1)NCc1cc(C)ccc1OC(F)F.I. The molecule has 0 aliphatic carbocycles. The van der Waals surface area contributed by atoms with Gasteiger partial charge in [0.2, 0.25) is 0 Å². The Morgan fingerprint density at radius 1 is 1.08 bits per heavy atom. The molecule has 0 saturated heterocycles. The Morgan fingerprint density at radius 3 is 2.40 bits per heavy atom. The average molecular weight is 461 g/mol. The predicted octanol–water partition coefficient (Wildman–Crippen LogP) is 4.08. The molecule has 0 fully saturated rings. The number of nitrogens with one attached hydrogen (secondary N) is 2. The normalized spacial score (nSPS) is 11.0. The first-order valence-electron chi connectivity index (χ1n) is 7.61. The molecule has 2 rings (SSSR count). The van der Waals surface area contributed by atoms with Crippen LogP contribution in [0.3, 0.4) is 0 Å². The number of alkyl halides is 2. The van der Waals surface area contributed by atoms with Gasteiger partial charge in [0.1, 0.15) is 5.75 Å². The standard InChI is InChI=1S/C18H21F2N3O.HI/c1-13-8-9-16(24-17(19)20)15(10-13)12-23-18(21-2)22-11-14-6-4-3-5-7-14;/h3-10,17H,11-12H2,1-2H3,(H2,21,22,23);1H. The summed E-state index contributed by atoms with van der Waals surface area (Å²) in [6.45, 7) is 0.00684. The van der Waals surface area contributed by atoms with E-state index < -0.39 is 6.61 Å². The van der Waals surface area contributed by atoms with Gasteiger partial charge in [-0.05, 0) is 18.6 Å². The molecule has 25 heavy (non-hydrogen) atoms. The molecule has 0 heterocycles. The fraction of sp³-hybridized carbons (Fsp3) is 0.278. The van der Waals surface area contributed by atoms with Crippen LogP contribution >= 0.6 is 24.0 Å². The third-order valence-electron chi connectivity index (χ3n) is 3.40. The smallest absolute Gasteiger partial charge is 0.387 e. The number of halogens is 3. The zero-order valence-electron chi connectivity index (χ0n) is 14.1. The van der Waals surface area contributed by atoms with E-state index in [-0.39, 0.29) is 29.7 Å². The summed E-state index contributed by atoms with van der Waals surface area (Å²) in [6, 6.07) is 15.0. The van der Waals surface area contributed by atoms with Crippen LogP contribution in [0.2, 0.25) is 0 Å². The molecular formula is C18H22F2IN3O. The highest BCUT2D eigenvalue weighted by Crippen LogP contribution is 2.21. The van der Waals surface area contributed by atoms with Crippen molar-refractivity contribution in [2.24, 2.45) is 4.99 Å². The summed E-state index contributed by atoms with van der Waals surface area (Å²) in [5.74, 6) is 0.755. The monoisotopic (exact) mass is 461 g/mol. The van der Waals surface area contributed by atoms with Crippen molar-refractivity contribution in [2.45, 2.75) is 26.6 Å². The van der Waals surface area contributed by atoms with Gasteiger partial charge in [-0.1, -0.05) is 48.0 Å². The van der Waals surface area contributed by atoms with Crippen LogP contribution in [0.25, 0.3) is 0 Å². The van der Waals surface area contributed by atoms with Crippen LogP contribution in [-0.4, -0.2) is 19.6 Å². The summed E-state index contributed by atoms with van der Waals surface area (Å²) in [5.41, 5.74) is 2.75. The fourth-order valence-corrected chi connectivity index (χ4v) is 2.24. The van der Waals surface area contributed by atoms with Crippen molar-refractivity contribution in [2.75, 3.05) is 7.05 Å². The van der Waals surface area contributed by atoms with Crippen molar-refractivity contribution >= 4 is 29.9 Å². The number of nitrogens with zero attached hydrogens (tertiary/aromatic N) is 1. The second-order valence-electron chi connectivity index (χ2n) is 5.25. The highest BCUT2D eigenvalue weighted by Gasteiger charge is 2.10. The summed E-state index contributed by atoms with van der Waals surface area (Å²) < 4.78 is 29.6. The Balaban J connectivity index is 0.00000312. The quantitative estimate of drug-likeness (QED) is 0.387. The van der Waals surface area contributed by atoms with Crippen molar-refractivity contribution < 1.29 is 13.5 Å². The maximum Gasteiger partial charge on any atom is 0.387 e. The highest BCUT2D eigenvalue weighted by atomic mass is 127. The Bertz CT molecular complexity index is 681. The van der Waals surface area contributed by atoms with Crippen molar-refractivity contribution in [3.63, 3.8) is 0 Å². The molecule has 7 heteroatoms. The largest absolute Gasteiger partial charge is 0.434 e. The number of hydrogen-bond acceptors (Lipinski definition) is 2. The van der Waals surface area contributed by atoms with Crippen LogP contribution < -0.4 is 15.4 Å². The lowest BCUT2D eigenvalue weighted by atomic mass is 10.1. The first kappa shape index (κ1) is 21.1. The van der Waals surface area contributed by atoms with Crippen LogP contribution in [0.4, 0.5) is 8.78 Å². The summed E-state index contributed by atoms with van der Waals surface area (Å²) in [7, 11) is 1.66. The second-order valence-corrected chi connectivity index (χ2v) is 5.25. The zero-order chi connectivity index (χ0) is 17.4. The molecule has 0 spiro atoms. The third kappa shape index (κ3) is 7.25. The van der Waals surface area contributed by atoms with E-state index in [1.54, 1.807) is 19.2 Å². The van der Waals surface area contributed by atoms with Crippen molar-refractivity contribution in [1.82, 2.24) is 10.6 Å². The molecule has 2 aromatic carbocycles. The predicted molar refractivity (Wildman–Crippen MR) is 107 cm³/mol. The Morgan fingerprint density at radius 2 is 1.76 bits per heavy atom. The zero-order valence-corrected chi connectivity index (χ0v) is 16.5. The molecule has 2 N–H and O–H groups in total. The topological polar surface area (TPSA) is 45.7 Å². The highest BCUT2D eigenvalue weighted by molar-refractivity contribution is 14.0. The lowest BCUT2D eigenvalue weighted by Gasteiger charge is -2.15. The molecular weight excluding hydrogens is 439 g/mol. The number of hydrogen-bond donors (Lipinski definition) is 2. The van der Waals surface area contributed by atoms with Gasteiger partial charge in [0.15, 0.2) is 5.96 Å². The number of aryl methyl sites for hydroxylation is 1. The van der Waals surface area contributed by atoms with Gasteiger partial charge in [-0.15, -0.1) is 24.0 Å². The minimum absolute atomic E-state index is 0. The van der Waals surface area contributed by atoms with Crippen molar-refractivity contribution in [1.29, 1.82) is 0 Å². The molecule has 4 nitrogen and oxygen atoms in total. The van der Waals surface area contributed by atoms with E-state index in [9.17, 15) is 8.78 Å². The van der Waals surface area contributed by atoms with Crippen molar-refractivity contribution in [3.8, 4) is 5.75 Å². The van der Waals surface area contributed by atoms with E-state index >= 15 is 0 Å². The number of aliphatic imine (C=N–C) groups is 1. The molecule has 0 radical (unpaired) electrons. The minimum Gasteiger partial charge on any atom is -0.434 e. The van der Waals surface area contributed by atoms with Gasteiger partial charge >= 0.3 is 6.61 Å². The first-order valence-corrected chi connectivity index (χ1v) is 7.61. The van der Waals surface area contributed by atoms with E-state index in [4.69, 9.17) is 0 Å². The Hall–Kier alpha value is -1.90. The van der Waals surface area contributed by atoms with Crippen LogP contribution in [0, 0.1) is 6.92 Å². The van der Waals surface area contributed by atoms with Crippen LogP contribution in [0.1, 0.15) is 16.7 Å². The summed E-state index contributed by atoms with van der Waals surface area (Å²) in [6.07, 6.45) is 0. The number of benzene rings is 2. The Kier molecular flexibility index (Phi) is 9.18. The molecule has 0 amide bonds. The average Bonchev–Trinajstić information content (AvgIpc) is 2.58. The van der Waals surface area contributed by atoms with E-state index in [0.717, 1.165) is 11.1 Å². The van der Waals surface area contributed by atoms with Crippen LogP contribution in [-0.2, 0) is 13.1 Å². The maximum atomic E-state index is 12.5. The Labute approximate surface area is 163 Å². The number of ether oxygens (including phenoxy) is 1. The van der Waals surface area contributed by atoms with Gasteiger partial charge in [0.05, 0.1) is 0 Å². The van der Waals surface area contributed by atoms with Gasteiger partial charge in [0, 0.05) is 25.7 Å². The molecule has 0 aliphatic rings. The maximum absolute atomic E-state index is 12.5. The molecule has 0 atom stereocenters. The molecule has 0 aliphatic heterocycles. The van der Waals surface area contributed by atoms with Gasteiger partial charge < -0.3 is 15.4 Å². The molecule has 0 unspecified atom stereocenters. The lowest BCUT2D eigenvalue weighted by molar-refractivity contribution is -0.0504. The molecule has 0 bridgehead atoms. The van der Waals surface area contributed by atoms with E-state index in [1.807, 2.05) is 43.3 Å². The molecule has 0 saturated carbocycles. The summed E-state index contributed by atoms with van der Waals surface area (Å²) >= 11 is 0. The molecule has 2 aromatic rings. The number of guanidine groups is 1. The summed E-state index contributed by atoms with van der Waals surface area (Å²) in [4.78, 5) is 4.14. The van der Waals surface area contributed by atoms with Gasteiger partial charge in [0.25, 0.3) is 0 Å². The van der Waals surface area contributed by atoms with Crippen LogP contribution in [0.5, 0.6) is 5.75 Å². The van der Waals surface area contributed by atoms with E-state index in [1.165, 1.54) is 0 Å². The number of rotatable bonds is 6. The van der Waals surface area contributed by atoms with E-state index in [0.29, 0.717) is 24.6 Å². The first-order chi connectivity index (χ1) is 11.6. The van der Waals surface area contributed by atoms with Gasteiger partial charge in [-0.25, -0.2) is 0 Å². The fourth-order valence-electron chi connectivity index (χ4n) is 2.24. The minimum atomic E-state index is -2.85. The van der Waals surface area contributed by atoms with Crippen LogP contribution in [0.15, 0.2) is 53.5 Å². The van der Waals surface area contributed by atoms with Gasteiger partial charge in [-0.2, -0.15) is 8.78 Å². The molecule has 0 aromatic heterocycles. The van der Waals surface area contributed by atoms with Gasteiger partial charge in [-0.3, -0.25) is 4.99 Å². The second kappa shape index (κ2) is 10.9. The molecule has 136 valence electrons.